The van der Waals surface area contributed by atoms with Gasteiger partial charge in [0, 0.05) is 22.5 Å². The van der Waals surface area contributed by atoms with Crippen LogP contribution in [0.4, 0.5) is 0 Å². The molecule has 0 aliphatic carbocycles. The summed E-state index contributed by atoms with van der Waals surface area (Å²) in [5.74, 6) is 0.222. The lowest BCUT2D eigenvalue weighted by molar-refractivity contribution is 0.830. The second kappa shape index (κ2) is 3.04. The van der Waals surface area contributed by atoms with Crippen LogP contribution in [0.2, 0.25) is 0 Å². The topological polar surface area (TPSA) is 34.4 Å². The number of nitrogens with zero attached hydrogens (tertiary/aromatic N) is 2. The van der Waals surface area contributed by atoms with Crippen molar-refractivity contribution in [3.8, 4) is 0 Å². The maximum absolute atomic E-state index is 12.2. The van der Waals surface area contributed by atoms with Crippen LogP contribution < -0.4 is 5.43 Å². The highest BCUT2D eigenvalue weighted by atomic mass is 16.1. The predicted octanol–water partition coefficient (Wildman–Crippen LogP) is 2.41. The molecule has 3 nitrogen and oxygen atoms in total. The summed E-state index contributed by atoms with van der Waals surface area (Å²) in [4.78, 5) is 12.2. The molecule has 0 amide bonds. The third kappa shape index (κ3) is 1.08. The summed E-state index contributed by atoms with van der Waals surface area (Å²) in [6.45, 7) is 4.05. The summed E-state index contributed by atoms with van der Waals surface area (Å²) in [6.07, 6.45) is 3.65. The second-order valence-electron chi connectivity index (χ2n) is 4.40. The molecule has 0 saturated heterocycles. The smallest absolute Gasteiger partial charge is 0.193 e. The Morgan fingerprint density at radius 2 is 2.12 bits per heavy atom. The maximum Gasteiger partial charge on any atom is 0.193 e. The van der Waals surface area contributed by atoms with Gasteiger partial charge in [-0.25, -0.2) is 4.52 Å². The summed E-state index contributed by atoms with van der Waals surface area (Å²) in [5, 5.41) is 6.06. The van der Waals surface area contributed by atoms with Crippen LogP contribution in [0.5, 0.6) is 0 Å². The van der Waals surface area contributed by atoms with Gasteiger partial charge < -0.3 is 0 Å². The Hall–Kier alpha value is -1.90. The van der Waals surface area contributed by atoms with Crippen molar-refractivity contribution >= 4 is 16.3 Å². The highest BCUT2D eigenvalue weighted by Crippen LogP contribution is 2.20. The summed E-state index contributed by atoms with van der Waals surface area (Å²) in [7, 11) is 0. The SMILES string of the molecule is CC(C)c1cn2ncc3cccc(c1=O)c32. The molecular weight excluding hydrogens is 200 g/mol. The minimum Gasteiger partial charge on any atom is -0.289 e. The number of rotatable bonds is 1. The molecule has 3 rings (SSSR count). The van der Waals surface area contributed by atoms with Crippen LogP contribution in [-0.4, -0.2) is 9.61 Å². The molecule has 1 aromatic carbocycles. The van der Waals surface area contributed by atoms with Gasteiger partial charge >= 0.3 is 0 Å². The summed E-state index contributed by atoms with van der Waals surface area (Å²) >= 11 is 0. The number of hydrogen-bond donors (Lipinski definition) is 0. The van der Waals surface area contributed by atoms with Crippen molar-refractivity contribution in [3.05, 3.63) is 46.4 Å². The van der Waals surface area contributed by atoms with E-state index in [1.165, 1.54) is 0 Å². The standard InChI is InChI=1S/C13H12N2O/c1-8(2)11-7-15-12-9(6-14-15)4-3-5-10(12)13(11)16/h3-8H,1-2H3. The molecule has 0 spiro atoms. The first-order valence-corrected chi connectivity index (χ1v) is 5.41. The molecule has 0 aliphatic rings. The fourth-order valence-corrected chi connectivity index (χ4v) is 2.14. The first kappa shape index (κ1) is 9.33. The first-order chi connectivity index (χ1) is 7.68. The Morgan fingerprint density at radius 1 is 1.31 bits per heavy atom. The number of para-hydroxylation sites is 1. The van der Waals surface area contributed by atoms with Crippen LogP contribution in [0, 0.1) is 0 Å². The molecule has 0 atom stereocenters. The van der Waals surface area contributed by atoms with Gasteiger partial charge in [-0.15, -0.1) is 0 Å². The van der Waals surface area contributed by atoms with Gasteiger partial charge in [0.1, 0.15) is 0 Å². The lowest BCUT2D eigenvalue weighted by Crippen LogP contribution is -2.13. The van der Waals surface area contributed by atoms with Crippen LogP contribution >= 0.6 is 0 Å². The third-order valence-electron chi connectivity index (χ3n) is 3.01. The Labute approximate surface area is 92.7 Å². The highest BCUT2D eigenvalue weighted by Gasteiger charge is 2.12. The quantitative estimate of drug-likeness (QED) is 0.620. The van der Waals surface area contributed by atoms with Crippen molar-refractivity contribution in [1.82, 2.24) is 9.61 Å². The average molecular weight is 212 g/mol. The van der Waals surface area contributed by atoms with E-state index in [-0.39, 0.29) is 11.3 Å². The lowest BCUT2D eigenvalue weighted by Gasteiger charge is -2.06. The normalized spacial score (nSPS) is 11.9. The van der Waals surface area contributed by atoms with Gasteiger partial charge in [-0.3, -0.25) is 4.79 Å². The van der Waals surface area contributed by atoms with E-state index in [2.05, 4.69) is 5.10 Å². The molecule has 0 radical (unpaired) electrons. The first-order valence-electron chi connectivity index (χ1n) is 5.41. The van der Waals surface area contributed by atoms with Gasteiger partial charge in [0.2, 0.25) is 0 Å². The Bertz CT molecular complexity index is 712. The Balaban J connectivity index is 2.60. The molecule has 0 fully saturated rings. The molecule has 0 N–H and O–H groups in total. The van der Waals surface area contributed by atoms with Gasteiger partial charge in [-0.05, 0) is 12.0 Å². The molecule has 0 saturated carbocycles. The zero-order chi connectivity index (χ0) is 11.3. The predicted molar refractivity (Wildman–Crippen MR) is 64.2 cm³/mol. The number of benzene rings is 1. The molecule has 0 aliphatic heterocycles. The van der Waals surface area contributed by atoms with Crippen molar-refractivity contribution in [2.75, 3.05) is 0 Å². The zero-order valence-corrected chi connectivity index (χ0v) is 9.27. The van der Waals surface area contributed by atoms with Crippen molar-refractivity contribution in [3.63, 3.8) is 0 Å². The molecule has 0 unspecified atom stereocenters. The van der Waals surface area contributed by atoms with E-state index >= 15 is 0 Å². The van der Waals surface area contributed by atoms with Gasteiger partial charge in [0.05, 0.1) is 11.7 Å². The zero-order valence-electron chi connectivity index (χ0n) is 9.27. The van der Waals surface area contributed by atoms with Crippen molar-refractivity contribution in [1.29, 1.82) is 0 Å². The maximum atomic E-state index is 12.2. The van der Waals surface area contributed by atoms with Gasteiger partial charge in [0.15, 0.2) is 5.43 Å². The van der Waals surface area contributed by atoms with E-state index in [4.69, 9.17) is 0 Å². The molecule has 2 aromatic heterocycles. The van der Waals surface area contributed by atoms with Crippen LogP contribution in [0.1, 0.15) is 25.3 Å². The highest BCUT2D eigenvalue weighted by molar-refractivity contribution is 5.95. The van der Waals surface area contributed by atoms with E-state index in [1.807, 2.05) is 38.2 Å². The van der Waals surface area contributed by atoms with E-state index in [1.54, 1.807) is 10.7 Å². The van der Waals surface area contributed by atoms with Crippen LogP contribution in [0.15, 0.2) is 35.4 Å². The Morgan fingerprint density at radius 3 is 2.88 bits per heavy atom. The summed E-state index contributed by atoms with van der Waals surface area (Å²) < 4.78 is 1.81. The van der Waals surface area contributed by atoms with Crippen molar-refractivity contribution in [2.24, 2.45) is 0 Å². The molecule has 3 heteroatoms. The molecular formula is C13H12N2O. The molecule has 2 heterocycles. The number of hydrogen-bond acceptors (Lipinski definition) is 2. The van der Waals surface area contributed by atoms with E-state index in [0.717, 1.165) is 21.9 Å². The molecule has 3 aromatic rings. The van der Waals surface area contributed by atoms with Crippen molar-refractivity contribution < 1.29 is 0 Å². The summed E-state index contributed by atoms with van der Waals surface area (Å²) in [5.41, 5.74) is 1.88. The van der Waals surface area contributed by atoms with Crippen molar-refractivity contribution in [2.45, 2.75) is 19.8 Å². The van der Waals surface area contributed by atoms with E-state index in [0.29, 0.717) is 0 Å². The largest absolute Gasteiger partial charge is 0.289 e. The van der Waals surface area contributed by atoms with Crippen LogP contribution in [-0.2, 0) is 0 Å². The third-order valence-corrected chi connectivity index (χ3v) is 3.01. The molecule has 16 heavy (non-hydrogen) atoms. The average Bonchev–Trinajstić information content (AvgIpc) is 2.67. The lowest BCUT2D eigenvalue weighted by atomic mass is 10.0. The Kier molecular flexibility index (Phi) is 1.78. The van der Waals surface area contributed by atoms with Gasteiger partial charge in [-0.2, -0.15) is 5.10 Å². The minimum absolute atomic E-state index is 0.133. The number of pyridine rings is 1. The van der Waals surface area contributed by atoms with E-state index in [9.17, 15) is 4.79 Å². The molecule has 0 bridgehead atoms. The fourth-order valence-electron chi connectivity index (χ4n) is 2.14. The number of aromatic nitrogens is 2. The van der Waals surface area contributed by atoms with Gasteiger partial charge in [0.25, 0.3) is 0 Å². The minimum atomic E-state index is 0.133. The molecule has 80 valence electrons. The monoisotopic (exact) mass is 212 g/mol. The second-order valence-corrected chi connectivity index (χ2v) is 4.40. The van der Waals surface area contributed by atoms with Crippen LogP contribution in [0.25, 0.3) is 16.3 Å². The fraction of sp³-hybridized carbons (Fsp3) is 0.231. The summed E-state index contributed by atoms with van der Waals surface area (Å²) in [6, 6.07) is 5.76. The van der Waals surface area contributed by atoms with E-state index < -0.39 is 0 Å². The van der Waals surface area contributed by atoms with Crippen LogP contribution in [0.3, 0.4) is 0 Å². The van der Waals surface area contributed by atoms with Gasteiger partial charge in [-0.1, -0.05) is 26.0 Å².